The third kappa shape index (κ3) is 4.04. The zero-order valence-corrected chi connectivity index (χ0v) is 13.9. The molecule has 0 radical (unpaired) electrons. The second-order valence-corrected chi connectivity index (χ2v) is 5.54. The molecule has 0 saturated heterocycles. The molecule has 0 bridgehead atoms. The molecular formula is C17H21NO6. The Labute approximate surface area is 140 Å². The molecule has 0 unspecified atom stereocenters. The van der Waals surface area contributed by atoms with Gasteiger partial charge in [-0.1, -0.05) is 12.1 Å². The predicted octanol–water partition coefficient (Wildman–Crippen LogP) is 2.57. The molecule has 0 saturated carbocycles. The SMILES string of the molecule is CCOC(=O)/C=C/[C@H]1[C@H](C)Oc2cc(OC)ccc2[C@@H]1C[N+](=O)[O-]. The van der Waals surface area contributed by atoms with E-state index in [0.29, 0.717) is 11.5 Å². The fourth-order valence-corrected chi connectivity index (χ4v) is 2.91. The van der Waals surface area contributed by atoms with Crippen LogP contribution in [0.5, 0.6) is 11.5 Å². The zero-order valence-electron chi connectivity index (χ0n) is 13.9. The summed E-state index contributed by atoms with van der Waals surface area (Å²) in [5, 5.41) is 11.1. The maximum Gasteiger partial charge on any atom is 0.330 e. The molecule has 0 fully saturated rings. The van der Waals surface area contributed by atoms with Crippen molar-refractivity contribution in [3.8, 4) is 11.5 Å². The van der Waals surface area contributed by atoms with Crippen molar-refractivity contribution in [2.24, 2.45) is 5.92 Å². The normalized spacial score (nSPS) is 22.5. The minimum atomic E-state index is -0.468. The molecule has 1 aromatic carbocycles. The molecule has 7 nitrogen and oxygen atoms in total. The largest absolute Gasteiger partial charge is 0.497 e. The van der Waals surface area contributed by atoms with E-state index in [4.69, 9.17) is 14.2 Å². The van der Waals surface area contributed by atoms with E-state index in [1.165, 1.54) is 6.08 Å². The molecule has 1 aliphatic heterocycles. The summed E-state index contributed by atoms with van der Waals surface area (Å²) in [5.74, 6) is 0.0388. The van der Waals surface area contributed by atoms with Crippen LogP contribution in [0.4, 0.5) is 0 Å². The number of ether oxygens (including phenoxy) is 3. The molecule has 1 heterocycles. The molecule has 0 N–H and O–H groups in total. The Morgan fingerprint density at radius 2 is 2.21 bits per heavy atom. The number of hydrogen-bond acceptors (Lipinski definition) is 6. The highest BCUT2D eigenvalue weighted by Gasteiger charge is 2.38. The van der Waals surface area contributed by atoms with Crippen molar-refractivity contribution in [2.45, 2.75) is 25.9 Å². The lowest BCUT2D eigenvalue weighted by molar-refractivity contribution is -0.485. The first-order chi connectivity index (χ1) is 11.5. The van der Waals surface area contributed by atoms with Gasteiger partial charge in [0.2, 0.25) is 6.54 Å². The molecule has 0 spiro atoms. The highest BCUT2D eigenvalue weighted by Crippen LogP contribution is 2.42. The van der Waals surface area contributed by atoms with Crippen LogP contribution in [0.2, 0.25) is 0 Å². The number of benzene rings is 1. The first kappa shape index (κ1) is 17.8. The number of fused-ring (bicyclic) bond motifs is 1. The van der Waals surface area contributed by atoms with Crippen LogP contribution in [0.1, 0.15) is 25.3 Å². The summed E-state index contributed by atoms with van der Waals surface area (Å²) in [7, 11) is 1.55. The number of nitro groups is 1. The average Bonchev–Trinajstić information content (AvgIpc) is 2.53. The summed E-state index contributed by atoms with van der Waals surface area (Å²) in [6.07, 6.45) is 2.64. The fraction of sp³-hybridized carbons (Fsp3) is 0.471. The van der Waals surface area contributed by atoms with Gasteiger partial charge in [0, 0.05) is 28.5 Å². The van der Waals surface area contributed by atoms with Gasteiger partial charge in [-0.15, -0.1) is 0 Å². The van der Waals surface area contributed by atoms with Gasteiger partial charge in [-0.25, -0.2) is 4.79 Å². The van der Waals surface area contributed by atoms with Crippen molar-refractivity contribution in [2.75, 3.05) is 20.3 Å². The van der Waals surface area contributed by atoms with Crippen molar-refractivity contribution in [3.63, 3.8) is 0 Å². The van der Waals surface area contributed by atoms with Crippen LogP contribution in [0.15, 0.2) is 30.4 Å². The molecule has 0 aromatic heterocycles. The summed E-state index contributed by atoms with van der Waals surface area (Å²) in [6.45, 7) is 3.58. The Morgan fingerprint density at radius 3 is 2.83 bits per heavy atom. The van der Waals surface area contributed by atoms with Gasteiger partial charge in [0.1, 0.15) is 17.6 Å². The lowest BCUT2D eigenvalue weighted by Gasteiger charge is -2.35. The maximum absolute atomic E-state index is 11.6. The number of methoxy groups -OCH3 is 1. The van der Waals surface area contributed by atoms with Gasteiger partial charge in [-0.2, -0.15) is 0 Å². The summed E-state index contributed by atoms with van der Waals surface area (Å²) in [5.41, 5.74) is 0.740. The number of carbonyl (C=O) groups is 1. The van der Waals surface area contributed by atoms with Crippen LogP contribution in [-0.4, -0.2) is 37.3 Å². The van der Waals surface area contributed by atoms with E-state index in [1.807, 2.05) is 6.92 Å². The van der Waals surface area contributed by atoms with Crippen LogP contribution in [0.3, 0.4) is 0 Å². The van der Waals surface area contributed by atoms with E-state index in [1.54, 1.807) is 38.3 Å². The minimum Gasteiger partial charge on any atom is -0.497 e. The lowest BCUT2D eigenvalue weighted by atomic mass is 9.80. The van der Waals surface area contributed by atoms with Crippen LogP contribution in [-0.2, 0) is 9.53 Å². The summed E-state index contributed by atoms with van der Waals surface area (Å²) < 4.78 is 15.9. The van der Waals surface area contributed by atoms with E-state index in [9.17, 15) is 14.9 Å². The average molecular weight is 335 g/mol. The van der Waals surface area contributed by atoms with Crippen LogP contribution in [0, 0.1) is 16.0 Å². The van der Waals surface area contributed by atoms with Crippen molar-refractivity contribution < 1.29 is 23.9 Å². The Morgan fingerprint density at radius 1 is 1.46 bits per heavy atom. The summed E-state index contributed by atoms with van der Waals surface area (Å²) >= 11 is 0. The molecule has 3 atom stereocenters. The predicted molar refractivity (Wildman–Crippen MR) is 86.9 cm³/mol. The second-order valence-electron chi connectivity index (χ2n) is 5.54. The van der Waals surface area contributed by atoms with Crippen LogP contribution in [0.25, 0.3) is 0 Å². The lowest BCUT2D eigenvalue weighted by Crippen LogP contribution is -2.36. The molecular weight excluding hydrogens is 314 g/mol. The molecule has 130 valence electrons. The van der Waals surface area contributed by atoms with Crippen LogP contribution < -0.4 is 9.47 Å². The topological polar surface area (TPSA) is 87.9 Å². The standard InChI is InChI=1S/C17H21NO6/c1-4-23-17(19)8-7-13-11(2)24-16-9-12(22-3)5-6-14(16)15(13)10-18(20)21/h5-9,11,13,15H,4,10H2,1-3H3/b8-7+/t11-,13-,15+/m0/s1. The Balaban J connectivity index is 2.35. The van der Waals surface area contributed by atoms with Crippen LogP contribution >= 0.6 is 0 Å². The summed E-state index contributed by atoms with van der Waals surface area (Å²) in [4.78, 5) is 22.3. The third-order valence-corrected chi connectivity index (χ3v) is 4.03. The Kier molecular flexibility index (Phi) is 5.78. The smallest absolute Gasteiger partial charge is 0.330 e. The molecule has 0 aliphatic carbocycles. The van der Waals surface area contributed by atoms with Gasteiger partial charge in [-0.05, 0) is 19.9 Å². The van der Waals surface area contributed by atoms with Gasteiger partial charge in [0.15, 0.2) is 0 Å². The van der Waals surface area contributed by atoms with E-state index in [-0.39, 0.29) is 30.1 Å². The molecule has 1 aromatic rings. The number of rotatable bonds is 6. The van der Waals surface area contributed by atoms with Gasteiger partial charge in [-0.3, -0.25) is 10.1 Å². The molecule has 2 rings (SSSR count). The molecule has 0 amide bonds. The van der Waals surface area contributed by atoms with Gasteiger partial charge in [0.25, 0.3) is 0 Å². The molecule has 1 aliphatic rings. The Hall–Kier alpha value is -2.57. The number of hydrogen-bond donors (Lipinski definition) is 0. The highest BCUT2D eigenvalue weighted by atomic mass is 16.6. The van der Waals surface area contributed by atoms with Gasteiger partial charge in [0.05, 0.1) is 19.6 Å². The zero-order chi connectivity index (χ0) is 17.7. The van der Waals surface area contributed by atoms with E-state index in [2.05, 4.69) is 0 Å². The van der Waals surface area contributed by atoms with E-state index < -0.39 is 11.9 Å². The van der Waals surface area contributed by atoms with Gasteiger partial charge < -0.3 is 14.2 Å². The van der Waals surface area contributed by atoms with E-state index in [0.717, 1.165) is 5.56 Å². The maximum atomic E-state index is 11.6. The quantitative estimate of drug-likeness (QED) is 0.344. The monoisotopic (exact) mass is 335 g/mol. The van der Waals surface area contributed by atoms with Gasteiger partial charge >= 0.3 is 5.97 Å². The number of nitrogens with zero attached hydrogens (tertiary/aromatic N) is 1. The molecule has 24 heavy (non-hydrogen) atoms. The highest BCUT2D eigenvalue weighted by molar-refractivity contribution is 5.81. The number of esters is 1. The third-order valence-electron chi connectivity index (χ3n) is 4.03. The number of carbonyl (C=O) groups excluding carboxylic acids is 1. The first-order valence-corrected chi connectivity index (χ1v) is 7.77. The summed E-state index contributed by atoms with van der Waals surface area (Å²) in [6, 6.07) is 5.25. The van der Waals surface area contributed by atoms with Crippen molar-refractivity contribution in [1.29, 1.82) is 0 Å². The fourth-order valence-electron chi connectivity index (χ4n) is 2.91. The second kappa shape index (κ2) is 7.81. The van der Waals surface area contributed by atoms with Crippen molar-refractivity contribution in [1.82, 2.24) is 0 Å². The van der Waals surface area contributed by atoms with Crippen molar-refractivity contribution >= 4 is 5.97 Å². The minimum absolute atomic E-state index is 0.245. The molecule has 7 heteroatoms. The van der Waals surface area contributed by atoms with E-state index >= 15 is 0 Å². The van der Waals surface area contributed by atoms with Crippen molar-refractivity contribution in [3.05, 3.63) is 46.0 Å². The first-order valence-electron chi connectivity index (χ1n) is 7.77. The Bertz CT molecular complexity index is 642.